The van der Waals surface area contributed by atoms with Crippen LogP contribution in [0.1, 0.15) is 20.8 Å². The van der Waals surface area contributed by atoms with Crippen molar-refractivity contribution in [3.8, 4) is 0 Å². The molecule has 0 aromatic carbocycles. The number of hydrogen-bond acceptors (Lipinski definition) is 3. The lowest BCUT2D eigenvalue weighted by atomic mass is 9.95. The van der Waals surface area contributed by atoms with Crippen LogP contribution in [0.3, 0.4) is 0 Å². The smallest absolute Gasteiger partial charge is 0.0110 e. The minimum atomic E-state index is 0.445. The van der Waals surface area contributed by atoms with Crippen LogP contribution in [0.5, 0.6) is 0 Å². The van der Waals surface area contributed by atoms with E-state index < -0.39 is 0 Å². The molecular formula is C13H27N3. The van der Waals surface area contributed by atoms with E-state index in [0.29, 0.717) is 5.41 Å². The number of hydrogen-bond donors (Lipinski definition) is 1. The molecule has 0 unspecified atom stereocenters. The zero-order chi connectivity index (χ0) is 11.6. The highest BCUT2D eigenvalue weighted by atomic mass is 15.3. The Balaban J connectivity index is 1.65. The van der Waals surface area contributed by atoms with Crippen molar-refractivity contribution in [3.63, 3.8) is 0 Å². The molecule has 0 atom stereocenters. The third kappa shape index (κ3) is 3.72. The zero-order valence-electron chi connectivity index (χ0n) is 11.1. The van der Waals surface area contributed by atoms with Crippen molar-refractivity contribution in [1.29, 1.82) is 0 Å². The molecule has 0 aromatic heterocycles. The fourth-order valence-corrected chi connectivity index (χ4v) is 2.64. The Bertz CT molecular complexity index is 210. The van der Waals surface area contributed by atoms with E-state index in [4.69, 9.17) is 0 Å². The fourth-order valence-electron chi connectivity index (χ4n) is 2.64. The standard InChI is InChI=1S/C13H27N3/c1-13(2,3)11-16-6-4-15(5-7-16)10-12-8-14-9-12/h12,14H,4-11H2,1-3H3. The van der Waals surface area contributed by atoms with Gasteiger partial charge in [-0.3, -0.25) is 0 Å². The van der Waals surface area contributed by atoms with E-state index in [-0.39, 0.29) is 0 Å². The predicted molar refractivity (Wildman–Crippen MR) is 68.7 cm³/mol. The van der Waals surface area contributed by atoms with Gasteiger partial charge in [0.15, 0.2) is 0 Å². The van der Waals surface area contributed by atoms with Gasteiger partial charge in [0.2, 0.25) is 0 Å². The average molecular weight is 225 g/mol. The molecule has 0 spiro atoms. The van der Waals surface area contributed by atoms with E-state index >= 15 is 0 Å². The minimum Gasteiger partial charge on any atom is -0.316 e. The summed E-state index contributed by atoms with van der Waals surface area (Å²) in [6.45, 7) is 17.1. The van der Waals surface area contributed by atoms with Crippen molar-refractivity contribution in [2.75, 3.05) is 52.4 Å². The van der Waals surface area contributed by atoms with Crippen molar-refractivity contribution in [3.05, 3.63) is 0 Å². The van der Waals surface area contributed by atoms with Gasteiger partial charge in [0.1, 0.15) is 0 Å². The van der Waals surface area contributed by atoms with E-state index in [0.717, 1.165) is 5.92 Å². The molecule has 2 aliphatic heterocycles. The topological polar surface area (TPSA) is 18.5 Å². The fraction of sp³-hybridized carbons (Fsp3) is 1.00. The van der Waals surface area contributed by atoms with Gasteiger partial charge in [-0.15, -0.1) is 0 Å². The first-order valence-corrected chi connectivity index (χ1v) is 6.68. The summed E-state index contributed by atoms with van der Waals surface area (Å²) in [6, 6.07) is 0. The van der Waals surface area contributed by atoms with Crippen LogP contribution < -0.4 is 5.32 Å². The lowest BCUT2D eigenvalue weighted by molar-refractivity contribution is 0.0849. The maximum absolute atomic E-state index is 3.35. The number of piperazine rings is 1. The van der Waals surface area contributed by atoms with Gasteiger partial charge in [-0.25, -0.2) is 0 Å². The molecule has 2 rings (SSSR count). The van der Waals surface area contributed by atoms with Crippen molar-refractivity contribution in [1.82, 2.24) is 15.1 Å². The second-order valence-electron chi connectivity index (χ2n) is 6.66. The van der Waals surface area contributed by atoms with E-state index in [9.17, 15) is 0 Å². The maximum atomic E-state index is 3.35. The summed E-state index contributed by atoms with van der Waals surface area (Å²) in [7, 11) is 0. The summed E-state index contributed by atoms with van der Waals surface area (Å²) in [5.41, 5.74) is 0.445. The molecule has 0 saturated carbocycles. The zero-order valence-corrected chi connectivity index (χ0v) is 11.1. The molecule has 0 bridgehead atoms. The van der Waals surface area contributed by atoms with Crippen LogP contribution in [-0.2, 0) is 0 Å². The van der Waals surface area contributed by atoms with Gasteiger partial charge in [0, 0.05) is 52.4 Å². The molecule has 3 heteroatoms. The molecule has 1 N–H and O–H groups in total. The summed E-state index contributed by atoms with van der Waals surface area (Å²) < 4.78 is 0. The molecule has 0 aromatic rings. The Hall–Kier alpha value is -0.120. The molecule has 2 saturated heterocycles. The third-order valence-corrected chi connectivity index (χ3v) is 3.55. The lowest BCUT2D eigenvalue weighted by Crippen LogP contribution is -2.54. The van der Waals surface area contributed by atoms with E-state index in [1.54, 1.807) is 0 Å². The van der Waals surface area contributed by atoms with Gasteiger partial charge >= 0.3 is 0 Å². The number of nitrogens with zero attached hydrogens (tertiary/aromatic N) is 2. The average Bonchev–Trinajstić information content (AvgIpc) is 2.11. The van der Waals surface area contributed by atoms with Gasteiger partial charge in [0.25, 0.3) is 0 Å². The van der Waals surface area contributed by atoms with Crippen molar-refractivity contribution in [2.24, 2.45) is 11.3 Å². The van der Waals surface area contributed by atoms with Gasteiger partial charge in [-0.2, -0.15) is 0 Å². The van der Waals surface area contributed by atoms with Crippen LogP contribution >= 0.6 is 0 Å². The summed E-state index contributed by atoms with van der Waals surface area (Å²) in [4.78, 5) is 5.26. The Morgan fingerprint density at radius 3 is 2.00 bits per heavy atom. The first kappa shape index (κ1) is 12.3. The van der Waals surface area contributed by atoms with Crippen molar-refractivity contribution in [2.45, 2.75) is 20.8 Å². The lowest BCUT2D eigenvalue weighted by Gasteiger charge is -2.40. The van der Waals surface area contributed by atoms with Crippen molar-refractivity contribution < 1.29 is 0 Å². The van der Waals surface area contributed by atoms with Crippen LogP contribution in [0.15, 0.2) is 0 Å². The summed E-state index contributed by atoms with van der Waals surface area (Å²) in [6.07, 6.45) is 0. The highest BCUT2D eigenvalue weighted by Crippen LogP contribution is 2.17. The van der Waals surface area contributed by atoms with Gasteiger partial charge in [0.05, 0.1) is 0 Å². The third-order valence-electron chi connectivity index (χ3n) is 3.55. The molecule has 0 aliphatic carbocycles. The molecule has 0 radical (unpaired) electrons. The van der Waals surface area contributed by atoms with E-state index in [1.807, 2.05) is 0 Å². The number of rotatable bonds is 3. The molecular weight excluding hydrogens is 198 g/mol. The normalized spacial score (nSPS) is 25.7. The van der Waals surface area contributed by atoms with Crippen molar-refractivity contribution >= 4 is 0 Å². The molecule has 16 heavy (non-hydrogen) atoms. The maximum Gasteiger partial charge on any atom is 0.0110 e. The summed E-state index contributed by atoms with van der Waals surface area (Å²) in [5.74, 6) is 0.925. The minimum absolute atomic E-state index is 0.445. The highest BCUT2D eigenvalue weighted by Gasteiger charge is 2.24. The Labute approximate surface area is 100 Å². The van der Waals surface area contributed by atoms with Gasteiger partial charge in [-0.1, -0.05) is 20.8 Å². The van der Waals surface area contributed by atoms with Crippen LogP contribution in [0.2, 0.25) is 0 Å². The van der Waals surface area contributed by atoms with E-state index in [2.05, 4.69) is 35.9 Å². The Kier molecular flexibility index (Phi) is 3.88. The summed E-state index contributed by atoms with van der Waals surface area (Å²) >= 11 is 0. The highest BCUT2D eigenvalue weighted by molar-refractivity contribution is 4.82. The second kappa shape index (κ2) is 5.03. The molecule has 2 heterocycles. The van der Waals surface area contributed by atoms with Gasteiger partial charge < -0.3 is 15.1 Å². The monoisotopic (exact) mass is 225 g/mol. The predicted octanol–water partition coefficient (Wildman–Crippen LogP) is 0.870. The van der Waals surface area contributed by atoms with Crippen LogP contribution in [0, 0.1) is 11.3 Å². The van der Waals surface area contributed by atoms with Crippen LogP contribution in [-0.4, -0.2) is 62.2 Å². The Morgan fingerprint density at radius 2 is 1.56 bits per heavy atom. The number of nitrogens with one attached hydrogen (secondary N) is 1. The molecule has 0 amide bonds. The molecule has 3 nitrogen and oxygen atoms in total. The SMILES string of the molecule is CC(C)(C)CN1CCN(CC2CNC2)CC1. The largest absolute Gasteiger partial charge is 0.316 e. The second-order valence-corrected chi connectivity index (χ2v) is 6.66. The van der Waals surface area contributed by atoms with E-state index in [1.165, 1.54) is 52.4 Å². The summed E-state index contributed by atoms with van der Waals surface area (Å²) in [5, 5.41) is 3.35. The molecule has 94 valence electrons. The Morgan fingerprint density at radius 1 is 1.00 bits per heavy atom. The molecule has 2 aliphatic rings. The molecule has 2 fully saturated rings. The van der Waals surface area contributed by atoms with Crippen LogP contribution in [0.4, 0.5) is 0 Å². The first-order valence-electron chi connectivity index (χ1n) is 6.68. The van der Waals surface area contributed by atoms with Gasteiger partial charge in [-0.05, 0) is 11.3 Å². The quantitative estimate of drug-likeness (QED) is 0.769. The van der Waals surface area contributed by atoms with Crippen LogP contribution in [0.25, 0.3) is 0 Å². The first-order chi connectivity index (χ1) is 7.53.